The molecule has 1 N–H and O–H groups in total. The minimum atomic E-state index is 0.481. The fraction of sp³-hybridized carbons (Fsp3) is 0.889. The molecule has 1 heterocycles. The van der Waals surface area contributed by atoms with Gasteiger partial charge in [-0.2, -0.15) is 4.80 Å². The molecule has 1 rings (SSSR count). The van der Waals surface area contributed by atoms with Crippen LogP contribution in [-0.2, 0) is 13.5 Å². The Morgan fingerprint density at radius 2 is 2.21 bits per heavy atom. The quantitative estimate of drug-likeness (QED) is 0.723. The third-order valence-electron chi connectivity index (χ3n) is 2.11. The summed E-state index contributed by atoms with van der Waals surface area (Å²) in [7, 11) is 1.79. The number of rotatable bonds is 6. The van der Waals surface area contributed by atoms with Crippen LogP contribution in [0.2, 0.25) is 0 Å². The Balaban J connectivity index is 2.46. The molecule has 0 saturated carbocycles. The van der Waals surface area contributed by atoms with Gasteiger partial charge in [-0.15, -0.1) is 10.2 Å². The Morgan fingerprint density at radius 3 is 2.71 bits per heavy atom. The lowest BCUT2D eigenvalue weighted by Crippen LogP contribution is -2.31. The molecule has 80 valence electrons. The number of aromatic nitrogens is 4. The van der Waals surface area contributed by atoms with E-state index in [4.69, 9.17) is 0 Å². The molecule has 0 radical (unpaired) electrons. The summed E-state index contributed by atoms with van der Waals surface area (Å²) in [5.74, 6) is 0.826. The molecule has 0 aliphatic carbocycles. The van der Waals surface area contributed by atoms with Crippen LogP contribution in [0.5, 0.6) is 0 Å². The lowest BCUT2D eigenvalue weighted by Gasteiger charge is -2.14. The molecule has 14 heavy (non-hydrogen) atoms. The second kappa shape index (κ2) is 5.70. The Hall–Kier alpha value is -0.970. The van der Waals surface area contributed by atoms with Gasteiger partial charge in [-0.1, -0.05) is 20.3 Å². The molecule has 1 aromatic heterocycles. The zero-order chi connectivity index (χ0) is 10.4. The molecule has 0 fully saturated rings. The summed E-state index contributed by atoms with van der Waals surface area (Å²) in [6, 6.07) is 0.481. The van der Waals surface area contributed by atoms with Crippen molar-refractivity contribution in [3.8, 4) is 0 Å². The summed E-state index contributed by atoms with van der Waals surface area (Å²) in [4.78, 5) is 1.50. The smallest absolute Gasteiger partial charge is 0.176 e. The molecule has 0 saturated heterocycles. The van der Waals surface area contributed by atoms with E-state index in [9.17, 15) is 0 Å². The lowest BCUT2D eigenvalue weighted by molar-refractivity contribution is 0.476. The van der Waals surface area contributed by atoms with Crippen molar-refractivity contribution in [2.75, 3.05) is 6.54 Å². The molecule has 0 spiro atoms. The van der Waals surface area contributed by atoms with Crippen molar-refractivity contribution in [2.45, 2.75) is 39.2 Å². The second-order valence-electron chi connectivity index (χ2n) is 3.44. The Kier molecular flexibility index (Phi) is 4.52. The van der Waals surface area contributed by atoms with E-state index in [0.717, 1.165) is 25.2 Å². The van der Waals surface area contributed by atoms with E-state index in [-0.39, 0.29) is 0 Å². The summed E-state index contributed by atoms with van der Waals surface area (Å²) in [5.41, 5.74) is 0. The summed E-state index contributed by atoms with van der Waals surface area (Å²) >= 11 is 0. The fourth-order valence-electron chi connectivity index (χ4n) is 1.54. The van der Waals surface area contributed by atoms with Crippen LogP contribution >= 0.6 is 0 Å². The first-order chi connectivity index (χ1) is 6.76. The number of hydrogen-bond donors (Lipinski definition) is 1. The molecule has 0 aromatic carbocycles. The predicted octanol–water partition coefficient (Wildman–Crippen LogP) is 0.531. The van der Waals surface area contributed by atoms with Gasteiger partial charge in [0.2, 0.25) is 0 Å². The highest BCUT2D eigenvalue weighted by atomic mass is 15.6. The van der Waals surface area contributed by atoms with Crippen molar-refractivity contribution < 1.29 is 0 Å². The van der Waals surface area contributed by atoms with Gasteiger partial charge >= 0.3 is 0 Å². The summed E-state index contributed by atoms with van der Waals surface area (Å²) in [6.07, 6.45) is 3.21. The summed E-state index contributed by atoms with van der Waals surface area (Å²) in [6.45, 7) is 5.30. The van der Waals surface area contributed by atoms with Gasteiger partial charge < -0.3 is 5.32 Å². The maximum Gasteiger partial charge on any atom is 0.176 e. The van der Waals surface area contributed by atoms with E-state index in [0.29, 0.717) is 6.04 Å². The lowest BCUT2D eigenvalue weighted by atomic mass is 10.1. The largest absolute Gasteiger partial charge is 0.314 e. The number of tetrazole rings is 1. The van der Waals surface area contributed by atoms with Crippen LogP contribution in [0.1, 0.15) is 32.5 Å². The maximum atomic E-state index is 4.17. The average molecular weight is 197 g/mol. The van der Waals surface area contributed by atoms with Gasteiger partial charge in [0.25, 0.3) is 0 Å². The van der Waals surface area contributed by atoms with Crippen molar-refractivity contribution >= 4 is 0 Å². The fourth-order valence-corrected chi connectivity index (χ4v) is 1.54. The predicted molar refractivity (Wildman–Crippen MR) is 54.9 cm³/mol. The minimum Gasteiger partial charge on any atom is -0.314 e. The van der Waals surface area contributed by atoms with Crippen molar-refractivity contribution in [1.29, 1.82) is 0 Å². The van der Waals surface area contributed by atoms with Crippen molar-refractivity contribution in [3.05, 3.63) is 5.82 Å². The van der Waals surface area contributed by atoms with Crippen LogP contribution < -0.4 is 5.32 Å². The monoisotopic (exact) mass is 197 g/mol. The molecular formula is C9H19N5. The third-order valence-corrected chi connectivity index (χ3v) is 2.11. The van der Waals surface area contributed by atoms with E-state index < -0.39 is 0 Å². The van der Waals surface area contributed by atoms with E-state index in [1.54, 1.807) is 7.05 Å². The number of nitrogens with one attached hydrogen (secondary N) is 1. The first kappa shape index (κ1) is 11.1. The molecule has 5 heteroatoms. The van der Waals surface area contributed by atoms with Crippen molar-refractivity contribution in [1.82, 2.24) is 25.5 Å². The van der Waals surface area contributed by atoms with Crippen molar-refractivity contribution in [2.24, 2.45) is 7.05 Å². The standard InChI is InChI=1S/C9H19N5/c1-4-6-8(10-5-2)7-9-11-13-14(3)12-9/h8,10H,4-7H2,1-3H3. The Bertz CT molecular complexity index is 251. The number of likely N-dealkylation sites (N-methyl/N-ethyl adjacent to an activating group) is 1. The zero-order valence-electron chi connectivity index (χ0n) is 9.19. The van der Waals surface area contributed by atoms with Gasteiger partial charge in [0, 0.05) is 12.5 Å². The first-order valence-electron chi connectivity index (χ1n) is 5.22. The van der Waals surface area contributed by atoms with Crippen molar-refractivity contribution in [3.63, 3.8) is 0 Å². The zero-order valence-corrected chi connectivity index (χ0v) is 9.19. The highest BCUT2D eigenvalue weighted by Gasteiger charge is 2.10. The van der Waals surface area contributed by atoms with Gasteiger partial charge in [0.05, 0.1) is 7.05 Å². The molecule has 0 aliphatic heterocycles. The van der Waals surface area contributed by atoms with Gasteiger partial charge in [-0.3, -0.25) is 0 Å². The van der Waals surface area contributed by atoms with Gasteiger partial charge in [0.15, 0.2) is 5.82 Å². The van der Waals surface area contributed by atoms with Crippen LogP contribution in [0.4, 0.5) is 0 Å². The van der Waals surface area contributed by atoms with Crippen LogP contribution in [0, 0.1) is 0 Å². The van der Waals surface area contributed by atoms with Crippen LogP contribution in [0.15, 0.2) is 0 Å². The average Bonchev–Trinajstić information content (AvgIpc) is 2.52. The normalized spacial score (nSPS) is 13.1. The van der Waals surface area contributed by atoms with Gasteiger partial charge in [0.1, 0.15) is 0 Å². The molecule has 0 bridgehead atoms. The molecular weight excluding hydrogens is 178 g/mol. The minimum absolute atomic E-state index is 0.481. The van der Waals surface area contributed by atoms with Crippen LogP contribution in [0.25, 0.3) is 0 Å². The Labute approximate surface area is 84.9 Å². The summed E-state index contributed by atoms with van der Waals surface area (Å²) < 4.78 is 0. The van der Waals surface area contributed by atoms with Crippen LogP contribution in [0.3, 0.4) is 0 Å². The Morgan fingerprint density at radius 1 is 1.43 bits per heavy atom. The molecule has 0 amide bonds. The first-order valence-corrected chi connectivity index (χ1v) is 5.22. The molecule has 1 atom stereocenters. The van der Waals surface area contributed by atoms with E-state index >= 15 is 0 Å². The van der Waals surface area contributed by atoms with Gasteiger partial charge in [-0.05, 0) is 18.2 Å². The SMILES string of the molecule is CCCC(Cc1nnn(C)n1)NCC. The second-order valence-corrected chi connectivity index (χ2v) is 3.44. The molecule has 1 unspecified atom stereocenters. The van der Waals surface area contributed by atoms with Gasteiger partial charge in [-0.25, -0.2) is 0 Å². The molecule has 5 nitrogen and oxygen atoms in total. The maximum absolute atomic E-state index is 4.17. The topological polar surface area (TPSA) is 55.6 Å². The van der Waals surface area contributed by atoms with E-state index in [1.165, 1.54) is 11.2 Å². The number of hydrogen-bond acceptors (Lipinski definition) is 4. The number of nitrogens with zero attached hydrogens (tertiary/aromatic N) is 4. The molecule has 0 aliphatic rings. The highest BCUT2D eigenvalue weighted by molar-refractivity contribution is 4.84. The summed E-state index contributed by atoms with van der Waals surface area (Å²) in [5, 5.41) is 15.4. The van der Waals surface area contributed by atoms with Crippen LogP contribution in [-0.4, -0.2) is 32.8 Å². The molecule has 1 aromatic rings. The third kappa shape index (κ3) is 3.41. The van der Waals surface area contributed by atoms with E-state index in [2.05, 4.69) is 34.6 Å². The highest BCUT2D eigenvalue weighted by Crippen LogP contribution is 2.02. The number of aryl methyl sites for hydroxylation is 1. The van der Waals surface area contributed by atoms with E-state index in [1.807, 2.05) is 0 Å².